The van der Waals surface area contributed by atoms with Crippen LogP contribution in [0.2, 0.25) is 0 Å². The number of rotatable bonds is 6. The molecule has 2 aromatic rings. The monoisotopic (exact) mass is 400 g/mol. The van der Waals surface area contributed by atoms with Crippen molar-refractivity contribution in [2.24, 2.45) is 0 Å². The highest BCUT2D eigenvalue weighted by atomic mass is 32.2. The van der Waals surface area contributed by atoms with Crippen LogP contribution in [0.25, 0.3) is 6.08 Å². The first-order valence-electron chi connectivity index (χ1n) is 9.06. The smallest absolute Gasteiger partial charge is 0.246 e. The maximum Gasteiger partial charge on any atom is 0.246 e. The molecule has 0 aliphatic carbocycles. The Morgan fingerprint density at radius 2 is 1.82 bits per heavy atom. The second-order valence-corrected chi connectivity index (χ2v) is 8.50. The maximum absolute atomic E-state index is 12.4. The predicted molar refractivity (Wildman–Crippen MR) is 110 cm³/mol. The zero-order chi connectivity index (χ0) is 20.0. The first kappa shape index (κ1) is 20.0. The Labute approximate surface area is 165 Å². The van der Waals surface area contributed by atoms with Crippen molar-refractivity contribution < 1.29 is 13.2 Å². The molecule has 8 heteroatoms. The van der Waals surface area contributed by atoms with Crippen LogP contribution in [0.3, 0.4) is 0 Å². The third kappa shape index (κ3) is 6.17. The molecule has 1 aliphatic rings. The summed E-state index contributed by atoms with van der Waals surface area (Å²) < 4.78 is 24.8. The second kappa shape index (κ2) is 8.99. The fourth-order valence-electron chi connectivity index (χ4n) is 3.00. The van der Waals surface area contributed by atoms with Crippen LogP contribution in [0.5, 0.6) is 0 Å². The van der Waals surface area contributed by atoms with Crippen molar-refractivity contribution in [1.82, 2.24) is 14.8 Å². The Morgan fingerprint density at radius 3 is 2.43 bits per heavy atom. The largest absolute Gasteiger partial charge is 0.337 e. The van der Waals surface area contributed by atoms with Gasteiger partial charge in [-0.25, -0.2) is 8.42 Å². The van der Waals surface area contributed by atoms with Crippen molar-refractivity contribution in [2.45, 2.75) is 6.54 Å². The molecule has 1 saturated heterocycles. The van der Waals surface area contributed by atoms with Gasteiger partial charge in [-0.2, -0.15) is 0 Å². The topological polar surface area (TPSA) is 82.6 Å². The molecule has 0 atom stereocenters. The highest BCUT2D eigenvalue weighted by Crippen LogP contribution is 2.13. The van der Waals surface area contributed by atoms with E-state index < -0.39 is 10.0 Å². The Morgan fingerprint density at radius 1 is 1.11 bits per heavy atom. The number of benzene rings is 1. The number of nitrogens with one attached hydrogen (secondary N) is 1. The summed E-state index contributed by atoms with van der Waals surface area (Å²) in [6.07, 6.45) is 6.21. The van der Waals surface area contributed by atoms with E-state index in [1.165, 1.54) is 0 Å². The Hall–Kier alpha value is -2.71. The lowest BCUT2D eigenvalue weighted by Crippen LogP contribution is -2.47. The van der Waals surface area contributed by atoms with Crippen molar-refractivity contribution in [3.8, 4) is 0 Å². The molecule has 0 bridgehead atoms. The van der Waals surface area contributed by atoms with Gasteiger partial charge in [0.2, 0.25) is 15.9 Å². The summed E-state index contributed by atoms with van der Waals surface area (Å²) >= 11 is 0. The van der Waals surface area contributed by atoms with Gasteiger partial charge in [0.25, 0.3) is 0 Å². The number of hydrogen-bond acceptors (Lipinski definition) is 5. The SMILES string of the molecule is CS(=O)(=O)Nc1ccc(/C=C/C(=O)N2CCN(Cc3ccccn3)CC2)cc1. The van der Waals surface area contributed by atoms with Gasteiger partial charge >= 0.3 is 0 Å². The van der Waals surface area contributed by atoms with E-state index in [2.05, 4.69) is 14.6 Å². The molecule has 0 saturated carbocycles. The molecule has 0 spiro atoms. The number of carbonyl (C=O) groups is 1. The third-order valence-corrected chi connectivity index (χ3v) is 5.03. The molecule has 0 radical (unpaired) electrons. The first-order chi connectivity index (χ1) is 13.4. The van der Waals surface area contributed by atoms with E-state index in [1.54, 1.807) is 42.6 Å². The van der Waals surface area contributed by atoms with Crippen LogP contribution in [0.1, 0.15) is 11.3 Å². The Balaban J connectivity index is 1.48. The minimum Gasteiger partial charge on any atom is -0.337 e. The molecule has 1 amide bonds. The number of anilines is 1. The number of pyridine rings is 1. The summed E-state index contributed by atoms with van der Waals surface area (Å²) in [5.41, 5.74) is 2.37. The number of hydrogen-bond donors (Lipinski definition) is 1. The molecule has 2 heterocycles. The Kier molecular flexibility index (Phi) is 6.43. The van der Waals surface area contributed by atoms with E-state index in [0.29, 0.717) is 18.8 Å². The van der Waals surface area contributed by atoms with Crippen LogP contribution >= 0.6 is 0 Å². The molecule has 0 unspecified atom stereocenters. The zero-order valence-electron chi connectivity index (χ0n) is 15.8. The number of piperazine rings is 1. The van der Waals surface area contributed by atoms with Crippen molar-refractivity contribution in [3.63, 3.8) is 0 Å². The lowest BCUT2D eigenvalue weighted by Gasteiger charge is -2.34. The van der Waals surface area contributed by atoms with E-state index in [1.807, 2.05) is 23.1 Å². The average Bonchev–Trinajstić information content (AvgIpc) is 2.67. The van der Waals surface area contributed by atoms with Gasteiger partial charge in [0.1, 0.15) is 0 Å². The second-order valence-electron chi connectivity index (χ2n) is 6.75. The number of sulfonamides is 1. The van der Waals surface area contributed by atoms with Gasteiger partial charge in [0.05, 0.1) is 11.9 Å². The molecule has 1 aromatic heterocycles. The van der Waals surface area contributed by atoms with Crippen molar-refractivity contribution in [2.75, 3.05) is 37.2 Å². The molecule has 1 N–H and O–H groups in total. The molecule has 1 fully saturated rings. The fourth-order valence-corrected chi connectivity index (χ4v) is 3.56. The molecular formula is C20H24N4O3S. The summed E-state index contributed by atoms with van der Waals surface area (Å²) in [5, 5.41) is 0. The van der Waals surface area contributed by atoms with Gasteiger partial charge < -0.3 is 4.90 Å². The minimum absolute atomic E-state index is 0.0178. The van der Waals surface area contributed by atoms with Gasteiger partial charge in [-0.15, -0.1) is 0 Å². The molecule has 1 aliphatic heterocycles. The Bertz CT molecular complexity index is 920. The molecular weight excluding hydrogens is 376 g/mol. The van der Waals surface area contributed by atoms with Crippen LogP contribution in [-0.2, 0) is 21.4 Å². The summed E-state index contributed by atoms with van der Waals surface area (Å²) in [4.78, 5) is 20.9. The van der Waals surface area contributed by atoms with E-state index >= 15 is 0 Å². The highest BCUT2D eigenvalue weighted by Gasteiger charge is 2.19. The number of carbonyl (C=O) groups excluding carboxylic acids is 1. The van der Waals surface area contributed by atoms with E-state index in [9.17, 15) is 13.2 Å². The lowest BCUT2D eigenvalue weighted by molar-refractivity contribution is -0.127. The number of nitrogens with zero attached hydrogens (tertiary/aromatic N) is 3. The number of amides is 1. The van der Waals surface area contributed by atoms with Crippen molar-refractivity contribution in [3.05, 3.63) is 66.0 Å². The minimum atomic E-state index is -3.29. The summed E-state index contributed by atoms with van der Waals surface area (Å²) in [6, 6.07) is 12.8. The van der Waals surface area contributed by atoms with Crippen LogP contribution in [0, 0.1) is 0 Å². The van der Waals surface area contributed by atoms with Gasteiger partial charge in [-0.3, -0.25) is 19.4 Å². The van der Waals surface area contributed by atoms with Crippen LogP contribution in [0.4, 0.5) is 5.69 Å². The molecule has 7 nitrogen and oxygen atoms in total. The standard InChI is InChI=1S/C20H24N4O3S/c1-28(26,27)22-18-8-5-17(6-9-18)7-10-20(25)24-14-12-23(13-15-24)16-19-4-2-3-11-21-19/h2-11,22H,12-16H2,1H3/b10-7+. The van der Waals surface area contributed by atoms with E-state index in [0.717, 1.165) is 37.1 Å². The fraction of sp³-hybridized carbons (Fsp3) is 0.300. The van der Waals surface area contributed by atoms with Crippen LogP contribution in [0.15, 0.2) is 54.7 Å². The average molecular weight is 401 g/mol. The maximum atomic E-state index is 12.4. The molecule has 1 aromatic carbocycles. The molecule has 148 valence electrons. The van der Waals surface area contributed by atoms with E-state index in [4.69, 9.17) is 0 Å². The van der Waals surface area contributed by atoms with E-state index in [-0.39, 0.29) is 5.91 Å². The van der Waals surface area contributed by atoms with Crippen LogP contribution in [-0.4, -0.2) is 61.5 Å². The summed E-state index contributed by atoms with van der Waals surface area (Å²) in [6.45, 7) is 3.82. The zero-order valence-corrected chi connectivity index (χ0v) is 16.6. The lowest BCUT2D eigenvalue weighted by atomic mass is 10.2. The highest BCUT2D eigenvalue weighted by molar-refractivity contribution is 7.92. The normalized spacial score (nSPS) is 15.7. The predicted octanol–water partition coefficient (Wildman–Crippen LogP) is 1.81. The van der Waals surface area contributed by atoms with Crippen molar-refractivity contribution >= 4 is 27.7 Å². The van der Waals surface area contributed by atoms with Gasteiger partial charge in [0.15, 0.2) is 0 Å². The first-order valence-corrected chi connectivity index (χ1v) is 11.0. The van der Waals surface area contributed by atoms with Gasteiger partial charge in [0, 0.05) is 50.7 Å². The molecule has 28 heavy (non-hydrogen) atoms. The van der Waals surface area contributed by atoms with Gasteiger partial charge in [-0.05, 0) is 35.9 Å². The van der Waals surface area contributed by atoms with Crippen LogP contribution < -0.4 is 4.72 Å². The third-order valence-electron chi connectivity index (χ3n) is 4.43. The summed E-state index contributed by atoms with van der Waals surface area (Å²) in [5.74, 6) is -0.0178. The summed E-state index contributed by atoms with van der Waals surface area (Å²) in [7, 11) is -3.29. The molecule has 3 rings (SSSR count). The van der Waals surface area contributed by atoms with Gasteiger partial charge in [-0.1, -0.05) is 18.2 Å². The quantitative estimate of drug-likeness (QED) is 0.748. The van der Waals surface area contributed by atoms with Crippen molar-refractivity contribution in [1.29, 1.82) is 0 Å². The number of aromatic nitrogens is 1.